The Morgan fingerprint density at radius 1 is 1.14 bits per heavy atom. The zero-order valence-corrected chi connectivity index (χ0v) is 16.5. The molecule has 0 saturated carbocycles. The van der Waals surface area contributed by atoms with E-state index in [1.54, 1.807) is 12.1 Å². The number of hydrogen-bond donors (Lipinski definition) is 1. The van der Waals surface area contributed by atoms with Crippen LogP contribution in [0.25, 0.3) is 22.4 Å². The molecule has 1 N–H and O–H groups in total. The lowest BCUT2D eigenvalue weighted by molar-refractivity contribution is -0.125. The van der Waals surface area contributed by atoms with Crippen LogP contribution >= 0.6 is 0 Å². The minimum atomic E-state index is -0.574. The van der Waals surface area contributed by atoms with Crippen molar-refractivity contribution in [3.8, 4) is 11.5 Å². The van der Waals surface area contributed by atoms with E-state index in [4.69, 9.17) is 9.15 Å². The van der Waals surface area contributed by atoms with Crippen LogP contribution in [-0.4, -0.2) is 29.5 Å². The van der Waals surface area contributed by atoms with Crippen molar-refractivity contribution in [3.05, 3.63) is 53.8 Å². The summed E-state index contributed by atoms with van der Waals surface area (Å²) in [6, 6.07) is 12.6. The molecular weight excluding hydrogens is 356 g/mol. The summed E-state index contributed by atoms with van der Waals surface area (Å²) in [5.41, 5.74) is 1.54. The number of nitrogens with zero attached hydrogens (tertiary/aromatic N) is 1. The molecule has 1 atom stereocenters. The first kappa shape index (κ1) is 19.6. The number of aromatic nitrogens is 1. The molecule has 28 heavy (non-hydrogen) atoms. The van der Waals surface area contributed by atoms with E-state index in [0.29, 0.717) is 33.8 Å². The van der Waals surface area contributed by atoms with E-state index in [0.717, 1.165) is 5.76 Å². The summed E-state index contributed by atoms with van der Waals surface area (Å²) in [6.07, 6.45) is 0. The molecular formula is C22H24N2O4. The molecule has 0 radical (unpaired) electrons. The zero-order valence-electron chi connectivity index (χ0n) is 16.5. The van der Waals surface area contributed by atoms with Gasteiger partial charge in [-0.3, -0.25) is 4.79 Å². The first-order valence-corrected chi connectivity index (χ1v) is 9.28. The van der Waals surface area contributed by atoms with Gasteiger partial charge < -0.3 is 14.5 Å². The van der Waals surface area contributed by atoms with Crippen molar-refractivity contribution in [2.24, 2.45) is 5.92 Å². The van der Waals surface area contributed by atoms with Crippen LogP contribution in [-0.2, 0) is 9.53 Å². The van der Waals surface area contributed by atoms with Crippen molar-refractivity contribution in [3.63, 3.8) is 0 Å². The standard InChI is InChI=1S/C22H24N2O4/c1-13(2)15(4)23-21(25)12-27-22(26)17-11-19(20-10-9-14(3)28-20)24-18-8-6-5-7-16(17)18/h5-11,13,15H,12H2,1-4H3,(H,23,25)/t15-/m0/s1. The molecule has 1 aromatic carbocycles. The number of pyridine rings is 1. The third-order valence-electron chi connectivity index (χ3n) is 4.65. The molecule has 0 spiro atoms. The fraction of sp³-hybridized carbons (Fsp3) is 0.318. The van der Waals surface area contributed by atoms with Gasteiger partial charge in [0.1, 0.15) is 11.5 Å². The van der Waals surface area contributed by atoms with E-state index in [1.165, 1.54) is 0 Å². The maximum absolute atomic E-state index is 12.7. The van der Waals surface area contributed by atoms with Gasteiger partial charge in [0.25, 0.3) is 5.91 Å². The first-order chi connectivity index (χ1) is 13.3. The Kier molecular flexibility index (Phi) is 5.78. The second-order valence-electron chi connectivity index (χ2n) is 7.16. The van der Waals surface area contributed by atoms with Gasteiger partial charge in [-0.15, -0.1) is 0 Å². The Morgan fingerprint density at radius 3 is 2.57 bits per heavy atom. The van der Waals surface area contributed by atoms with Crippen molar-refractivity contribution in [1.29, 1.82) is 0 Å². The third kappa shape index (κ3) is 4.39. The Morgan fingerprint density at radius 2 is 1.89 bits per heavy atom. The fourth-order valence-electron chi connectivity index (χ4n) is 2.71. The van der Waals surface area contributed by atoms with Gasteiger partial charge in [0.15, 0.2) is 12.4 Å². The molecule has 0 saturated heterocycles. The summed E-state index contributed by atoms with van der Waals surface area (Å²) in [5.74, 6) is 0.721. The van der Waals surface area contributed by atoms with Crippen molar-refractivity contribution in [1.82, 2.24) is 10.3 Å². The predicted octanol–water partition coefficient (Wildman–Crippen LogP) is 4.12. The summed E-state index contributed by atoms with van der Waals surface area (Å²) < 4.78 is 10.9. The minimum Gasteiger partial charge on any atom is -0.460 e. The topological polar surface area (TPSA) is 81.4 Å². The lowest BCUT2D eigenvalue weighted by Gasteiger charge is -2.17. The zero-order chi connectivity index (χ0) is 20.3. The SMILES string of the molecule is Cc1ccc(-c2cc(C(=O)OCC(=O)N[C@@H](C)C(C)C)c3ccccc3n2)o1. The molecule has 0 aliphatic carbocycles. The number of benzene rings is 1. The maximum Gasteiger partial charge on any atom is 0.339 e. The normalized spacial score (nSPS) is 12.2. The van der Waals surface area contributed by atoms with Crippen molar-refractivity contribution in [2.75, 3.05) is 6.61 Å². The largest absolute Gasteiger partial charge is 0.460 e. The molecule has 6 heteroatoms. The van der Waals surface area contributed by atoms with E-state index < -0.39 is 5.97 Å². The molecule has 146 valence electrons. The highest BCUT2D eigenvalue weighted by molar-refractivity contribution is 6.05. The first-order valence-electron chi connectivity index (χ1n) is 9.28. The van der Waals surface area contributed by atoms with Gasteiger partial charge in [0.05, 0.1) is 11.1 Å². The second kappa shape index (κ2) is 8.25. The highest BCUT2D eigenvalue weighted by Crippen LogP contribution is 2.26. The average Bonchev–Trinajstić information content (AvgIpc) is 3.11. The molecule has 3 rings (SSSR count). The molecule has 2 heterocycles. The molecule has 0 aliphatic heterocycles. The Hall–Kier alpha value is -3.15. The maximum atomic E-state index is 12.7. The highest BCUT2D eigenvalue weighted by Gasteiger charge is 2.18. The molecule has 1 amide bonds. The van der Waals surface area contributed by atoms with E-state index in [9.17, 15) is 9.59 Å². The summed E-state index contributed by atoms with van der Waals surface area (Å²) in [4.78, 5) is 29.3. The summed E-state index contributed by atoms with van der Waals surface area (Å²) in [5, 5.41) is 3.48. The van der Waals surface area contributed by atoms with Crippen LogP contribution in [0.2, 0.25) is 0 Å². The quantitative estimate of drug-likeness (QED) is 0.651. The number of furan rings is 1. The van der Waals surface area contributed by atoms with Gasteiger partial charge in [0, 0.05) is 11.4 Å². The lowest BCUT2D eigenvalue weighted by atomic mass is 10.1. The number of esters is 1. The predicted molar refractivity (Wildman–Crippen MR) is 107 cm³/mol. The number of para-hydroxylation sites is 1. The number of rotatable bonds is 6. The summed E-state index contributed by atoms with van der Waals surface area (Å²) in [7, 11) is 0. The molecule has 2 aromatic heterocycles. The van der Waals surface area contributed by atoms with Crippen LogP contribution in [0.4, 0.5) is 0 Å². The number of amides is 1. The van der Waals surface area contributed by atoms with Gasteiger partial charge in [0.2, 0.25) is 0 Å². The van der Waals surface area contributed by atoms with E-state index in [2.05, 4.69) is 10.3 Å². The molecule has 0 unspecified atom stereocenters. The summed E-state index contributed by atoms with van der Waals surface area (Å²) in [6.45, 7) is 7.45. The number of nitrogens with one attached hydrogen (secondary N) is 1. The monoisotopic (exact) mass is 380 g/mol. The van der Waals surface area contributed by atoms with Crippen LogP contribution in [0.15, 0.2) is 46.9 Å². The Bertz CT molecular complexity index is 1010. The number of aryl methyl sites for hydroxylation is 1. The van der Waals surface area contributed by atoms with Crippen LogP contribution < -0.4 is 5.32 Å². The number of ether oxygens (including phenoxy) is 1. The Labute approximate surface area is 163 Å². The minimum absolute atomic E-state index is 0.00162. The lowest BCUT2D eigenvalue weighted by Crippen LogP contribution is -2.38. The van der Waals surface area contributed by atoms with Gasteiger partial charge >= 0.3 is 5.97 Å². The summed E-state index contributed by atoms with van der Waals surface area (Å²) >= 11 is 0. The Balaban J connectivity index is 1.84. The van der Waals surface area contributed by atoms with Crippen molar-refractivity contribution >= 4 is 22.8 Å². The number of hydrogen-bond acceptors (Lipinski definition) is 5. The van der Waals surface area contributed by atoms with Gasteiger partial charge in [-0.25, -0.2) is 9.78 Å². The number of carbonyl (C=O) groups excluding carboxylic acids is 2. The highest BCUT2D eigenvalue weighted by atomic mass is 16.5. The number of carbonyl (C=O) groups is 2. The molecule has 0 fully saturated rings. The molecule has 0 aliphatic rings. The molecule has 0 bridgehead atoms. The third-order valence-corrected chi connectivity index (χ3v) is 4.65. The van der Waals surface area contributed by atoms with Crippen LogP contribution in [0, 0.1) is 12.8 Å². The smallest absolute Gasteiger partial charge is 0.339 e. The molecule has 6 nitrogen and oxygen atoms in total. The number of fused-ring (bicyclic) bond motifs is 1. The van der Waals surface area contributed by atoms with Gasteiger partial charge in [-0.05, 0) is 44.0 Å². The van der Waals surface area contributed by atoms with Gasteiger partial charge in [-0.2, -0.15) is 0 Å². The van der Waals surface area contributed by atoms with E-state index in [1.807, 2.05) is 58.0 Å². The van der Waals surface area contributed by atoms with Gasteiger partial charge in [-0.1, -0.05) is 32.0 Å². The van der Waals surface area contributed by atoms with E-state index in [-0.39, 0.29) is 18.6 Å². The molecule has 3 aromatic rings. The van der Waals surface area contributed by atoms with Crippen molar-refractivity contribution < 1.29 is 18.7 Å². The van der Waals surface area contributed by atoms with Crippen LogP contribution in [0.1, 0.15) is 36.9 Å². The second-order valence-corrected chi connectivity index (χ2v) is 7.16. The van der Waals surface area contributed by atoms with Crippen LogP contribution in [0.3, 0.4) is 0 Å². The van der Waals surface area contributed by atoms with Crippen molar-refractivity contribution in [2.45, 2.75) is 33.7 Å². The average molecular weight is 380 g/mol. The fourth-order valence-corrected chi connectivity index (χ4v) is 2.71. The van der Waals surface area contributed by atoms with E-state index >= 15 is 0 Å². The van der Waals surface area contributed by atoms with Crippen LogP contribution in [0.5, 0.6) is 0 Å².